The molecule has 1 N–H and O–H groups in total. The molecule has 0 spiro atoms. The van der Waals surface area contributed by atoms with E-state index >= 15 is 0 Å². The number of aromatic hydroxyl groups is 1. The van der Waals surface area contributed by atoms with Gasteiger partial charge in [0.15, 0.2) is 0 Å². The van der Waals surface area contributed by atoms with Gasteiger partial charge in [0.25, 0.3) is 0 Å². The molecule has 90 valence electrons. The van der Waals surface area contributed by atoms with Gasteiger partial charge in [0, 0.05) is 31.6 Å². The molecule has 1 saturated heterocycles. The number of carbonyl (C=O) groups excluding carboxylic acids is 1. The summed E-state index contributed by atoms with van der Waals surface area (Å²) in [7, 11) is 3.85. The second-order valence-electron chi connectivity index (χ2n) is 5.28. The normalized spacial score (nSPS) is 30.8. The Kier molecular flexibility index (Phi) is 1.81. The van der Waals surface area contributed by atoms with Crippen LogP contribution in [0.2, 0.25) is 0 Å². The Hall–Kier alpha value is -1.71. The van der Waals surface area contributed by atoms with Gasteiger partial charge in [-0.2, -0.15) is 0 Å². The van der Waals surface area contributed by atoms with Crippen LogP contribution in [0.1, 0.15) is 18.9 Å². The Bertz CT molecular complexity index is 514. The highest BCUT2D eigenvalue weighted by Crippen LogP contribution is 2.51. The van der Waals surface area contributed by atoms with Crippen LogP contribution >= 0.6 is 0 Å². The summed E-state index contributed by atoms with van der Waals surface area (Å²) in [6.07, 6.45) is 0.571. The van der Waals surface area contributed by atoms with E-state index in [0.717, 1.165) is 11.3 Å². The molecule has 0 aliphatic carbocycles. The van der Waals surface area contributed by atoms with E-state index in [0.29, 0.717) is 6.42 Å². The summed E-state index contributed by atoms with van der Waals surface area (Å²) < 4.78 is 0. The Morgan fingerprint density at radius 1 is 1.35 bits per heavy atom. The van der Waals surface area contributed by atoms with Crippen molar-refractivity contribution in [3.8, 4) is 5.75 Å². The third kappa shape index (κ3) is 1.10. The van der Waals surface area contributed by atoms with Gasteiger partial charge in [0.2, 0.25) is 5.91 Å². The number of amides is 1. The van der Waals surface area contributed by atoms with Crippen molar-refractivity contribution in [2.75, 3.05) is 19.0 Å². The fourth-order valence-corrected chi connectivity index (χ4v) is 3.44. The first-order valence-electron chi connectivity index (χ1n) is 5.77. The fourth-order valence-electron chi connectivity index (χ4n) is 3.44. The minimum Gasteiger partial charge on any atom is -0.508 e. The lowest BCUT2D eigenvalue weighted by molar-refractivity contribution is -0.127. The Morgan fingerprint density at radius 3 is 2.76 bits per heavy atom. The first-order chi connectivity index (χ1) is 7.95. The van der Waals surface area contributed by atoms with E-state index in [1.807, 2.05) is 20.2 Å². The van der Waals surface area contributed by atoms with E-state index in [1.54, 1.807) is 17.0 Å². The molecule has 2 aliphatic rings. The molecule has 0 aromatic heterocycles. The molecule has 0 saturated carbocycles. The summed E-state index contributed by atoms with van der Waals surface area (Å²) in [4.78, 5) is 15.8. The van der Waals surface area contributed by atoms with Crippen LogP contribution in [0, 0.1) is 0 Å². The summed E-state index contributed by atoms with van der Waals surface area (Å²) in [6.45, 7) is 2.10. The van der Waals surface area contributed by atoms with Crippen LogP contribution in [0.15, 0.2) is 18.2 Å². The van der Waals surface area contributed by atoms with Gasteiger partial charge in [-0.05, 0) is 23.8 Å². The van der Waals surface area contributed by atoms with Crippen LogP contribution in [-0.2, 0) is 10.2 Å². The van der Waals surface area contributed by atoms with E-state index in [9.17, 15) is 9.90 Å². The molecular weight excluding hydrogens is 216 g/mol. The van der Waals surface area contributed by atoms with Crippen LogP contribution in [0.4, 0.5) is 5.69 Å². The van der Waals surface area contributed by atoms with Crippen molar-refractivity contribution >= 4 is 11.6 Å². The van der Waals surface area contributed by atoms with Crippen LogP contribution in [0.5, 0.6) is 5.75 Å². The summed E-state index contributed by atoms with van der Waals surface area (Å²) >= 11 is 0. The number of carbonyl (C=O) groups is 1. The zero-order valence-corrected chi connectivity index (χ0v) is 10.3. The first-order valence-corrected chi connectivity index (χ1v) is 5.77. The van der Waals surface area contributed by atoms with Gasteiger partial charge in [0.1, 0.15) is 11.9 Å². The lowest BCUT2D eigenvalue weighted by Crippen LogP contribution is -2.46. The number of fused-ring (bicyclic) bond motifs is 3. The molecule has 3 rings (SSSR count). The minimum absolute atomic E-state index is 0.0619. The van der Waals surface area contributed by atoms with Crippen molar-refractivity contribution < 1.29 is 9.90 Å². The maximum Gasteiger partial charge on any atom is 0.225 e. The minimum atomic E-state index is -0.214. The second kappa shape index (κ2) is 2.94. The molecule has 1 fully saturated rings. The molecule has 2 heterocycles. The average molecular weight is 232 g/mol. The standard InChI is InChI=1S/C13H16N2O2/c1-13-7-11(17)15(3)12(13)14(2)10-5-4-8(16)6-9(10)13/h4-6,12,16H,7H2,1-3H3/t12-,13+/m0/s1. The quantitative estimate of drug-likeness (QED) is 0.733. The van der Waals surface area contributed by atoms with Crippen molar-refractivity contribution in [3.05, 3.63) is 23.8 Å². The van der Waals surface area contributed by atoms with E-state index in [1.165, 1.54) is 0 Å². The third-order valence-electron chi connectivity index (χ3n) is 4.19. The van der Waals surface area contributed by atoms with E-state index in [4.69, 9.17) is 0 Å². The molecule has 1 amide bonds. The van der Waals surface area contributed by atoms with Gasteiger partial charge >= 0.3 is 0 Å². The number of hydrogen-bond acceptors (Lipinski definition) is 3. The molecular formula is C13H16N2O2. The number of benzene rings is 1. The lowest BCUT2D eigenvalue weighted by atomic mass is 9.81. The molecule has 17 heavy (non-hydrogen) atoms. The zero-order chi connectivity index (χ0) is 12.4. The topological polar surface area (TPSA) is 43.8 Å². The van der Waals surface area contributed by atoms with E-state index < -0.39 is 0 Å². The maximum atomic E-state index is 11.9. The van der Waals surface area contributed by atoms with Gasteiger partial charge in [-0.3, -0.25) is 4.79 Å². The lowest BCUT2D eigenvalue weighted by Gasteiger charge is -2.32. The van der Waals surface area contributed by atoms with E-state index in [-0.39, 0.29) is 23.2 Å². The number of nitrogens with zero attached hydrogens (tertiary/aromatic N) is 2. The highest BCUT2D eigenvalue weighted by Gasteiger charge is 2.55. The van der Waals surface area contributed by atoms with Crippen molar-refractivity contribution in [1.82, 2.24) is 4.90 Å². The van der Waals surface area contributed by atoms with Crippen molar-refractivity contribution in [2.24, 2.45) is 0 Å². The largest absolute Gasteiger partial charge is 0.508 e. The summed E-state index contributed by atoms with van der Waals surface area (Å²) in [5.74, 6) is 0.430. The van der Waals surface area contributed by atoms with Gasteiger partial charge in [-0.25, -0.2) is 0 Å². The summed E-state index contributed by atoms with van der Waals surface area (Å²) in [5, 5.41) is 9.63. The fraction of sp³-hybridized carbons (Fsp3) is 0.462. The number of likely N-dealkylation sites (N-methyl/N-ethyl adjacent to an activating group) is 2. The van der Waals surface area contributed by atoms with Crippen molar-refractivity contribution in [3.63, 3.8) is 0 Å². The van der Waals surface area contributed by atoms with Crippen LogP contribution in [0.25, 0.3) is 0 Å². The van der Waals surface area contributed by atoms with Gasteiger partial charge in [-0.15, -0.1) is 0 Å². The zero-order valence-electron chi connectivity index (χ0n) is 10.3. The summed E-state index contributed by atoms with van der Waals surface area (Å²) in [5.41, 5.74) is 1.96. The molecule has 0 bridgehead atoms. The second-order valence-corrected chi connectivity index (χ2v) is 5.28. The molecule has 2 aliphatic heterocycles. The number of anilines is 1. The Labute approximate surface area is 100 Å². The molecule has 0 unspecified atom stereocenters. The van der Waals surface area contributed by atoms with Gasteiger partial charge in [-0.1, -0.05) is 6.92 Å². The highest BCUT2D eigenvalue weighted by molar-refractivity contribution is 5.85. The SMILES string of the molecule is CN1C(=O)C[C@]2(C)c3cc(O)ccc3N(C)[C@@H]12. The smallest absolute Gasteiger partial charge is 0.225 e. The molecule has 2 atom stereocenters. The number of phenolic OH excluding ortho intramolecular Hbond substituents is 1. The average Bonchev–Trinajstić information content (AvgIpc) is 2.61. The van der Waals surface area contributed by atoms with Crippen LogP contribution in [0.3, 0.4) is 0 Å². The maximum absolute atomic E-state index is 11.9. The molecule has 4 nitrogen and oxygen atoms in total. The Morgan fingerprint density at radius 2 is 2.06 bits per heavy atom. The van der Waals surface area contributed by atoms with Crippen LogP contribution in [-0.4, -0.2) is 36.2 Å². The molecule has 1 aromatic rings. The monoisotopic (exact) mass is 232 g/mol. The molecule has 0 radical (unpaired) electrons. The number of rotatable bonds is 0. The van der Waals surface area contributed by atoms with Gasteiger partial charge < -0.3 is 14.9 Å². The first kappa shape index (κ1) is 10.4. The van der Waals surface area contributed by atoms with E-state index in [2.05, 4.69) is 11.8 Å². The predicted octanol–water partition coefficient (Wildman–Crippen LogP) is 1.29. The third-order valence-corrected chi connectivity index (χ3v) is 4.19. The number of likely N-dealkylation sites (tertiary alicyclic amines) is 1. The van der Waals surface area contributed by atoms with Crippen molar-refractivity contribution in [2.45, 2.75) is 24.9 Å². The molecule has 4 heteroatoms. The van der Waals surface area contributed by atoms with Crippen LogP contribution < -0.4 is 4.90 Å². The number of phenols is 1. The van der Waals surface area contributed by atoms with Crippen molar-refractivity contribution in [1.29, 1.82) is 0 Å². The summed E-state index contributed by atoms with van der Waals surface area (Å²) in [6, 6.07) is 5.41. The highest BCUT2D eigenvalue weighted by atomic mass is 16.3. The number of hydrogen-bond donors (Lipinski definition) is 1. The Balaban J connectivity index is 2.22. The molecule has 1 aromatic carbocycles. The van der Waals surface area contributed by atoms with Gasteiger partial charge in [0.05, 0.1) is 0 Å². The predicted molar refractivity (Wildman–Crippen MR) is 65.0 cm³/mol.